The smallest absolute Gasteiger partial charge is 0.296 e. The minimum Gasteiger partial charge on any atom is -0.494 e. The molecule has 0 radical (unpaired) electrons. The molecule has 4 aromatic rings. The van der Waals surface area contributed by atoms with E-state index in [1.807, 2.05) is 37.3 Å². The van der Waals surface area contributed by atoms with Crippen LogP contribution in [0.15, 0.2) is 58.4 Å². The summed E-state index contributed by atoms with van der Waals surface area (Å²) in [6.45, 7) is 2.71. The van der Waals surface area contributed by atoms with Crippen LogP contribution < -0.4 is 20.4 Å². The van der Waals surface area contributed by atoms with Crippen LogP contribution in [0.2, 0.25) is 0 Å². The fraction of sp³-hybridized carbons (Fsp3) is 0.190. The Kier molecular flexibility index (Phi) is 5.44. The molecule has 0 aliphatic heterocycles. The molecule has 0 aliphatic carbocycles. The predicted octanol–water partition coefficient (Wildman–Crippen LogP) is 1.83. The fourth-order valence-corrected chi connectivity index (χ4v) is 3.69. The Hall–Kier alpha value is -3.39. The maximum Gasteiger partial charge on any atom is 0.296 e. The molecule has 3 heterocycles. The van der Waals surface area contributed by atoms with Crippen molar-refractivity contribution < 1.29 is 4.74 Å². The Balaban J connectivity index is 1.67. The molecule has 0 unspecified atom stereocenters. The zero-order valence-electron chi connectivity index (χ0n) is 15.7. The van der Waals surface area contributed by atoms with Gasteiger partial charge >= 0.3 is 0 Å². The molecule has 146 valence electrons. The van der Waals surface area contributed by atoms with Gasteiger partial charge in [-0.25, -0.2) is 0 Å². The van der Waals surface area contributed by atoms with Crippen molar-refractivity contribution in [1.82, 2.24) is 19.6 Å². The molecule has 0 saturated carbocycles. The normalized spacial score (nSPS) is 11.8. The first-order chi connectivity index (χ1) is 14.1. The van der Waals surface area contributed by atoms with E-state index >= 15 is 0 Å². The van der Waals surface area contributed by atoms with Gasteiger partial charge in [0.15, 0.2) is 0 Å². The lowest BCUT2D eigenvalue weighted by molar-refractivity contribution is 0.317. The first-order valence-corrected chi connectivity index (χ1v) is 10.0. The molecule has 0 fully saturated rings. The van der Waals surface area contributed by atoms with Crippen LogP contribution in [0.3, 0.4) is 0 Å². The molecular weight excluding hydrogens is 388 g/mol. The van der Waals surface area contributed by atoms with Gasteiger partial charge < -0.3 is 4.74 Å². The van der Waals surface area contributed by atoms with E-state index in [-0.39, 0.29) is 16.2 Å². The summed E-state index contributed by atoms with van der Waals surface area (Å²) < 4.78 is 7.22. The summed E-state index contributed by atoms with van der Waals surface area (Å²) in [4.78, 5) is 33.5. The number of ether oxygens (including phenoxy) is 1. The third kappa shape index (κ3) is 4.22. The first-order valence-electron chi connectivity index (χ1n) is 9.20. The van der Waals surface area contributed by atoms with Gasteiger partial charge in [0.05, 0.1) is 11.1 Å². The van der Waals surface area contributed by atoms with Crippen LogP contribution in [0.1, 0.15) is 30.2 Å². The fourth-order valence-electron chi connectivity index (χ4n) is 2.78. The van der Waals surface area contributed by atoms with E-state index in [0.29, 0.717) is 17.6 Å². The molecule has 3 aromatic heterocycles. The number of fused-ring (bicyclic) bond motifs is 1. The predicted molar refractivity (Wildman–Crippen MR) is 111 cm³/mol. The third-order valence-corrected chi connectivity index (χ3v) is 5.16. The number of rotatable bonds is 6. The zero-order chi connectivity index (χ0) is 20.2. The van der Waals surface area contributed by atoms with E-state index in [1.54, 1.807) is 24.5 Å². The number of hydrogen-bond donors (Lipinski definition) is 0. The molecule has 8 heteroatoms. The van der Waals surface area contributed by atoms with Crippen molar-refractivity contribution in [1.29, 1.82) is 0 Å². The van der Waals surface area contributed by atoms with E-state index in [0.717, 1.165) is 34.6 Å². The maximum atomic E-state index is 12.7. The van der Waals surface area contributed by atoms with Crippen LogP contribution in [0.5, 0.6) is 5.75 Å². The third-order valence-electron chi connectivity index (χ3n) is 4.20. The van der Waals surface area contributed by atoms with Gasteiger partial charge in [0.2, 0.25) is 4.96 Å². The maximum absolute atomic E-state index is 12.7. The van der Waals surface area contributed by atoms with Crippen molar-refractivity contribution in [3.8, 4) is 5.75 Å². The van der Waals surface area contributed by atoms with E-state index < -0.39 is 5.56 Å². The molecule has 0 N–H and O–H groups in total. The zero-order valence-corrected chi connectivity index (χ0v) is 16.6. The van der Waals surface area contributed by atoms with Crippen LogP contribution in [-0.4, -0.2) is 26.2 Å². The first kappa shape index (κ1) is 18.9. The number of aromatic nitrogens is 4. The lowest BCUT2D eigenvalue weighted by Crippen LogP contribution is -2.28. The Morgan fingerprint density at radius 2 is 2.00 bits per heavy atom. The SMILES string of the molecule is CCCOc1ccc(Cc2nn3c(=O)/c(=C\c4cccnc4)sc3nc2=O)cc1. The van der Waals surface area contributed by atoms with Crippen LogP contribution in [0.25, 0.3) is 11.0 Å². The summed E-state index contributed by atoms with van der Waals surface area (Å²) in [7, 11) is 0. The Bertz CT molecular complexity index is 1300. The summed E-state index contributed by atoms with van der Waals surface area (Å²) in [5.41, 5.74) is 1.19. The molecule has 0 amide bonds. The topological polar surface area (TPSA) is 86.4 Å². The highest BCUT2D eigenvalue weighted by Gasteiger charge is 2.12. The number of nitrogens with zero attached hydrogens (tertiary/aromatic N) is 4. The van der Waals surface area contributed by atoms with Crippen molar-refractivity contribution in [3.63, 3.8) is 0 Å². The minimum absolute atomic E-state index is 0.229. The lowest BCUT2D eigenvalue weighted by atomic mass is 10.1. The van der Waals surface area contributed by atoms with Gasteiger partial charge in [-0.1, -0.05) is 36.5 Å². The standard InChI is InChI=1S/C21H18N4O3S/c1-2-10-28-16-7-5-14(6-8-16)11-17-19(26)23-21-25(24-17)20(27)18(29-21)12-15-4-3-9-22-13-15/h3-9,12-13H,2,10-11H2,1H3/b18-12+. The molecule has 7 nitrogen and oxygen atoms in total. The molecule has 0 saturated heterocycles. The van der Waals surface area contributed by atoms with Gasteiger partial charge in [0.25, 0.3) is 11.1 Å². The van der Waals surface area contributed by atoms with Crippen LogP contribution in [-0.2, 0) is 6.42 Å². The number of benzene rings is 1. The lowest BCUT2D eigenvalue weighted by Gasteiger charge is -2.05. The van der Waals surface area contributed by atoms with Gasteiger partial charge in [-0.2, -0.15) is 14.6 Å². The van der Waals surface area contributed by atoms with Gasteiger partial charge in [0, 0.05) is 18.8 Å². The Labute approximate surface area is 170 Å². The average Bonchev–Trinajstić information content (AvgIpc) is 3.03. The Morgan fingerprint density at radius 1 is 1.17 bits per heavy atom. The van der Waals surface area contributed by atoms with Crippen molar-refractivity contribution in [2.45, 2.75) is 19.8 Å². The average molecular weight is 406 g/mol. The second-order valence-electron chi connectivity index (χ2n) is 6.43. The van der Waals surface area contributed by atoms with E-state index in [4.69, 9.17) is 4.74 Å². The van der Waals surface area contributed by atoms with Crippen LogP contribution in [0.4, 0.5) is 0 Å². The van der Waals surface area contributed by atoms with Crippen molar-refractivity contribution in [2.24, 2.45) is 0 Å². The van der Waals surface area contributed by atoms with Gasteiger partial charge in [-0.15, -0.1) is 0 Å². The van der Waals surface area contributed by atoms with Crippen LogP contribution >= 0.6 is 11.3 Å². The largest absolute Gasteiger partial charge is 0.494 e. The molecule has 0 aliphatic rings. The molecule has 0 bridgehead atoms. The second kappa shape index (κ2) is 8.32. The minimum atomic E-state index is -0.425. The molecule has 29 heavy (non-hydrogen) atoms. The molecule has 0 atom stereocenters. The van der Waals surface area contributed by atoms with Crippen molar-refractivity contribution >= 4 is 22.4 Å². The summed E-state index contributed by atoms with van der Waals surface area (Å²) in [5, 5.41) is 4.28. The van der Waals surface area contributed by atoms with Gasteiger partial charge in [-0.05, 0) is 41.8 Å². The monoisotopic (exact) mass is 406 g/mol. The number of pyridine rings is 1. The molecule has 0 spiro atoms. The summed E-state index contributed by atoms with van der Waals surface area (Å²) in [6, 6.07) is 11.1. The van der Waals surface area contributed by atoms with E-state index in [9.17, 15) is 9.59 Å². The highest BCUT2D eigenvalue weighted by molar-refractivity contribution is 7.15. The van der Waals surface area contributed by atoms with E-state index in [2.05, 4.69) is 15.1 Å². The molecule has 1 aromatic carbocycles. The second-order valence-corrected chi connectivity index (χ2v) is 7.44. The molecule has 4 rings (SSSR count). The van der Waals surface area contributed by atoms with Crippen molar-refractivity contribution in [2.75, 3.05) is 6.61 Å². The van der Waals surface area contributed by atoms with Gasteiger partial charge in [-0.3, -0.25) is 14.6 Å². The number of thiazole rings is 1. The quantitative estimate of drug-likeness (QED) is 0.486. The van der Waals surface area contributed by atoms with Gasteiger partial charge in [0.1, 0.15) is 11.4 Å². The molecular formula is C21H18N4O3S. The Morgan fingerprint density at radius 3 is 2.72 bits per heavy atom. The van der Waals surface area contributed by atoms with E-state index in [1.165, 1.54) is 4.52 Å². The summed E-state index contributed by atoms with van der Waals surface area (Å²) in [5.74, 6) is 0.782. The summed E-state index contributed by atoms with van der Waals surface area (Å²) >= 11 is 1.13. The highest BCUT2D eigenvalue weighted by atomic mass is 32.1. The number of hydrogen-bond acceptors (Lipinski definition) is 7. The van der Waals surface area contributed by atoms with Crippen molar-refractivity contribution in [3.05, 3.63) is 90.9 Å². The van der Waals surface area contributed by atoms with Crippen LogP contribution in [0, 0.1) is 0 Å². The summed E-state index contributed by atoms with van der Waals surface area (Å²) in [6.07, 6.45) is 6.27. The highest BCUT2D eigenvalue weighted by Crippen LogP contribution is 2.14.